The van der Waals surface area contributed by atoms with Crippen molar-refractivity contribution in [3.8, 4) is 5.75 Å². The molecule has 0 fully saturated rings. The van der Waals surface area contributed by atoms with Gasteiger partial charge in [0.15, 0.2) is 0 Å². The van der Waals surface area contributed by atoms with E-state index < -0.39 is 0 Å². The molecule has 33 heavy (non-hydrogen) atoms. The Kier molecular flexibility index (Phi) is 7.19. The molecule has 0 bridgehead atoms. The van der Waals surface area contributed by atoms with Crippen LogP contribution in [0.2, 0.25) is 0 Å². The predicted molar refractivity (Wildman–Crippen MR) is 128 cm³/mol. The Balaban J connectivity index is 1.55. The summed E-state index contributed by atoms with van der Waals surface area (Å²) >= 11 is 0. The Morgan fingerprint density at radius 2 is 1.85 bits per heavy atom. The number of hydrogen-bond donors (Lipinski definition) is 1. The maximum atomic E-state index is 13.4. The molecule has 1 N–H and O–H groups in total. The molecule has 0 spiro atoms. The van der Waals surface area contributed by atoms with Gasteiger partial charge < -0.3 is 10.1 Å². The SMILES string of the molecule is CCOc1ccccc1NC(=O)Cn1c(CC)nc2c(c1=O)CN(Cc1ccccc1)CC2. The number of hydrogen-bond acceptors (Lipinski definition) is 5. The van der Waals surface area contributed by atoms with Gasteiger partial charge in [0.1, 0.15) is 18.1 Å². The molecule has 2 heterocycles. The smallest absolute Gasteiger partial charge is 0.258 e. The zero-order valence-electron chi connectivity index (χ0n) is 19.2. The molecule has 0 radical (unpaired) electrons. The lowest BCUT2D eigenvalue weighted by Gasteiger charge is -2.28. The molecular weight excluding hydrogens is 416 g/mol. The van der Waals surface area contributed by atoms with Crippen molar-refractivity contribution in [3.05, 3.63) is 87.6 Å². The molecule has 7 heteroatoms. The molecule has 2 aromatic carbocycles. The van der Waals surface area contributed by atoms with E-state index >= 15 is 0 Å². The summed E-state index contributed by atoms with van der Waals surface area (Å²) in [6, 6.07) is 17.5. The Morgan fingerprint density at radius 3 is 2.61 bits per heavy atom. The Morgan fingerprint density at radius 1 is 1.09 bits per heavy atom. The lowest BCUT2D eigenvalue weighted by atomic mass is 10.1. The first-order chi connectivity index (χ1) is 16.1. The highest BCUT2D eigenvalue weighted by Crippen LogP contribution is 2.24. The molecular formula is C26H30N4O3. The Labute approximate surface area is 194 Å². The first kappa shape index (κ1) is 22.7. The number of nitrogens with one attached hydrogen (secondary N) is 1. The summed E-state index contributed by atoms with van der Waals surface area (Å²) in [7, 11) is 0. The number of aryl methyl sites for hydroxylation is 1. The van der Waals surface area contributed by atoms with Crippen LogP contribution in [0.25, 0.3) is 0 Å². The molecule has 0 atom stereocenters. The number of amides is 1. The lowest BCUT2D eigenvalue weighted by Crippen LogP contribution is -2.40. The van der Waals surface area contributed by atoms with E-state index in [1.807, 2.05) is 50.2 Å². The quantitative estimate of drug-likeness (QED) is 0.574. The maximum absolute atomic E-state index is 13.4. The van der Waals surface area contributed by atoms with Gasteiger partial charge in [-0.25, -0.2) is 4.98 Å². The molecule has 172 valence electrons. The van der Waals surface area contributed by atoms with E-state index in [1.54, 1.807) is 6.07 Å². The van der Waals surface area contributed by atoms with Gasteiger partial charge in [0.25, 0.3) is 5.56 Å². The molecule has 0 saturated carbocycles. The van der Waals surface area contributed by atoms with Gasteiger partial charge in [0.05, 0.1) is 23.6 Å². The van der Waals surface area contributed by atoms with Crippen LogP contribution in [0.15, 0.2) is 59.4 Å². The van der Waals surface area contributed by atoms with E-state index in [0.717, 1.165) is 25.2 Å². The molecule has 1 amide bonds. The van der Waals surface area contributed by atoms with E-state index in [2.05, 4.69) is 22.3 Å². The van der Waals surface area contributed by atoms with Gasteiger partial charge in [-0.3, -0.25) is 19.1 Å². The monoisotopic (exact) mass is 446 g/mol. The van der Waals surface area contributed by atoms with Crippen molar-refractivity contribution in [1.82, 2.24) is 14.5 Å². The second kappa shape index (κ2) is 10.4. The van der Waals surface area contributed by atoms with E-state index in [4.69, 9.17) is 9.72 Å². The third-order valence-corrected chi connectivity index (χ3v) is 5.80. The normalized spacial score (nSPS) is 13.4. The second-order valence-corrected chi connectivity index (χ2v) is 8.12. The van der Waals surface area contributed by atoms with Gasteiger partial charge in [0, 0.05) is 32.5 Å². The van der Waals surface area contributed by atoms with E-state index in [1.165, 1.54) is 10.1 Å². The molecule has 0 unspecified atom stereocenters. The molecule has 0 aliphatic carbocycles. The zero-order chi connectivity index (χ0) is 23.2. The molecule has 1 aliphatic heterocycles. The number of carbonyl (C=O) groups is 1. The maximum Gasteiger partial charge on any atom is 0.258 e. The Hall–Kier alpha value is -3.45. The number of rotatable bonds is 8. The van der Waals surface area contributed by atoms with E-state index in [-0.39, 0.29) is 18.0 Å². The van der Waals surface area contributed by atoms with Crippen LogP contribution >= 0.6 is 0 Å². The number of para-hydroxylation sites is 2. The van der Waals surface area contributed by atoms with Crippen LogP contribution in [0.4, 0.5) is 5.69 Å². The number of ether oxygens (including phenoxy) is 1. The van der Waals surface area contributed by atoms with Crippen LogP contribution in [0.1, 0.15) is 36.5 Å². The molecule has 1 aliphatic rings. The minimum Gasteiger partial charge on any atom is -0.492 e. The largest absolute Gasteiger partial charge is 0.492 e. The highest BCUT2D eigenvalue weighted by Gasteiger charge is 2.24. The van der Waals surface area contributed by atoms with Crippen LogP contribution in [0, 0.1) is 0 Å². The first-order valence-corrected chi connectivity index (χ1v) is 11.5. The third-order valence-electron chi connectivity index (χ3n) is 5.80. The molecule has 7 nitrogen and oxygen atoms in total. The summed E-state index contributed by atoms with van der Waals surface area (Å²) in [4.78, 5) is 33.3. The fourth-order valence-electron chi connectivity index (χ4n) is 4.21. The fraction of sp³-hybridized carbons (Fsp3) is 0.346. The highest BCUT2D eigenvalue weighted by molar-refractivity contribution is 5.92. The topological polar surface area (TPSA) is 76.5 Å². The van der Waals surface area contributed by atoms with Crippen molar-refractivity contribution in [1.29, 1.82) is 0 Å². The summed E-state index contributed by atoms with van der Waals surface area (Å²) in [5.41, 5.74) is 3.24. The molecule has 4 rings (SSSR count). The van der Waals surface area contributed by atoms with Gasteiger partial charge >= 0.3 is 0 Å². The van der Waals surface area contributed by atoms with Crippen LogP contribution in [-0.4, -0.2) is 33.5 Å². The van der Waals surface area contributed by atoms with Crippen molar-refractivity contribution in [2.75, 3.05) is 18.5 Å². The summed E-state index contributed by atoms with van der Waals surface area (Å²) in [5.74, 6) is 0.970. The number of fused-ring (bicyclic) bond motifs is 1. The van der Waals surface area contributed by atoms with Gasteiger partial charge in [-0.1, -0.05) is 49.4 Å². The third kappa shape index (κ3) is 5.31. The summed E-state index contributed by atoms with van der Waals surface area (Å²) in [5, 5.41) is 2.88. The fourth-order valence-corrected chi connectivity index (χ4v) is 4.21. The van der Waals surface area contributed by atoms with Gasteiger partial charge in [0.2, 0.25) is 5.91 Å². The standard InChI is InChI=1S/C26H30N4O3/c1-3-24-27-21-14-15-29(16-19-10-6-5-7-11-19)17-20(21)26(32)30(24)18-25(31)28-22-12-8-9-13-23(22)33-4-2/h5-13H,3-4,14-18H2,1-2H3,(H,28,31). The van der Waals surface area contributed by atoms with E-state index in [0.29, 0.717) is 42.4 Å². The zero-order valence-corrected chi connectivity index (χ0v) is 19.2. The summed E-state index contributed by atoms with van der Waals surface area (Å²) in [6.45, 7) is 6.44. The van der Waals surface area contributed by atoms with Crippen LogP contribution in [-0.2, 0) is 37.3 Å². The molecule has 0 saturated heterocycles. The number of nitrogens with zero attached hydrogens (tertiary/aromatic N) is 3. The summed E-state index contributed by atoms with van der Waals surface area (Å²) < 4.78 is 7.11. The van der Waals surface area contributed by atoms with E-state index in [9.17, 15) is 9.59 Å². The van der Waals surface area contributed by atoms with Crippen molar-refractivity contribution in [2.45, 2.75) is 46.3 Å². The van der Waals surface area contributed by atoms with Crippen molar-refractivity contribution >= 4 is 11.6 Å². The van der Waals surface area contributed by atoms with Crippen molar-refractivity contribution < 1.29 is 9.53 Å². The highest BCUT2D eigenvalue weighted by atomic mass is 16.5. The van der Waals surface area contributed by atoms with Crippen LogP contribution in [0.3, 0.4) is 0 Å². The molecule has 1 aromatic heterocycles. The first-order valence-electron chi connectivity index (χ1n) is 11.5. The Bertz CT molecular complexity index is 1170. The minimum absolute atomic E-state index is 0.0819. The average molecular weight is 447 g/mol. The van der Waals surface area contributed by atoms with Crippen LogP contribution in [0.5, 0.6) is 5.75 Å². The van der Waals surface area contributed by atoms with Crippen molar-refractivity contribution in [2.24, 2.45) is 0 Å². The predicted octanol–water partition coefficient (Wildman–Crippen LogP) is 3.40. The second-order valence-electron chi connectivity index (χ2n) is 8.12. The average Bonchev–Trinajstić information content (AvgIpc) is 2.83. The van der Waals surface area contributed by atoms with Crippen molar-refractivity contribution in [3.63, 3.8) is 0 Å². The van der Waals surface area contributed by atoms with Gasteiger partial charge in [-0.05, 0) is 24.6 Å². The number of carbonyl (C=O) groups excluding carboxylic acids is 1. The van der Waals surface area contributed by atoms with Gasteiger partial charge in [-0.2, -0.15) is 0 Å². The number of benzene rings is 2. The van der Waals surface area contributed by atoms with Crippen LogP contribution < -0.4 is 15.6 Å². The number of aromatic nitrogens is 2. The summed E-state index contributed by atoms with van der Waals surface area (Å²) in [6.07, 6.45) is 1.32. The molecule has 3 aromatic rings. The van der Waals surface area contributed by atoms with Gasteiger partial charge in [-0.15, -0.1) is 0 Å². The number of anilines is 1. The minimum atomic E-state index is -0.280. The lowest BCUT2D eigenvalue weighted by molar-refractivity contribution is -0.116.